The molecule has 1 rings (SSSR count). The Balaban J connectivity index is 2.57. The van der Waals surface area contributed by atoms with Crippen molar-refractivity contribution in [3.8, 4) is 0 Å². The first-order chi connectivity index (χ1) is 10.6. The van der Waals surface area contributed by atoms with Gasteiger partial charge in [-0.2, -0.15) is 5.06 Å². The average Bonchev–Trinajstić information content (AvgIpc) is 2.77. The SMILES string of the molecule is CCOP(=O)(OCC)[C@H]1C[C@H](CNC(=O)OC(C)(C)C)ON1C. The predicted octanol–water partition coefficient (Wildman–Crippen LogP) is 2.74. The van der Waals surface area contributed by atoms with Crippen LogP contribution in [-0.2, 0) is 23.2 Å². The number of carbonyl (C=O) groups excluding carboxylic acids is 1. The van der Waals surface area contributed by atoms with E-state index >= 15 is 0 Å². The fourth-order valence-corrected chi connectivity index (χ4v) is 4.35. The molecule has 1 amide bonds. The number of carbonyl (C=O) groups is 1. The van der Waals surface area contributed by atoms with Crippen LogP contribution in [0.5, 0.6) is 0 Å². The maximum absolute atomic E-state index is 12.8. The molecule has 1 heterocycles. The fourth-order valence-electron chi connectivity index (χ4n) is 2.26. The number of nitrogens with zero attached hydrogens (tertiary/aromatic N) is 1. The predicted molar refractivity (Wildman–Crippen MR) is 86.1 cm³/mol. The summed E-state index contributed by atoms with van der Waals surface area (Å²) in [5.41, 5.74) is -0.556. The van der Waals surface area contributed by atoms with E-state index < -0.39 is 25.1 Å². The van der Waals surface area contributed by atoms with Crippen molar-refractivity contribution in [3.05, 3.63) is 0 Å². The molecular weight excluding hydrogens is 323 g/mol. The number of hydrogen-bond donors (Lipinski definition) is 1. The third kappa shape index (κ3) is 6.39. The first-order valence-electron chi connectivity index (χ1n) is 7.86. The smallest absolute Gasteiger partial charge is 0.407 e. The second-order valence-electron chi connectivity index (χ2n) is 6.25. The highest BCUT2D eigenvalue weighted by molar-refractivity contribution is 7.54. The molecule has 1 aliphatic heterocycles. The highest BCUT2D eigenvalue weighted by Crippen LogP contribution is 2.57. The molecule has 9 heteroatoms. The van der Waals surface area contributed by atoms with Gasteiger partial charge in [0, 0.05) is 20.0 Å². The van der Waals surface area contributed by atoms with Crippen LogP contribution in [0.25, 0.3) is 0 Å². The van der Waals surface area contributed by atoms with E-state index in [4.69, 9.17) is 18.6 Å². The van der Waals surface area contributed by atoms with Gasteiger partial charge in [0.2, 0.25) is 0 Å². The largest absolute Gasteiger partial charge is 0.444 e. The summed E-state index contributed by atoms with van der Waals surface area (Å²) >= 11 is 0. The van der Waals surface area contributed by atoms with Crippen molar-refractivity contribution in [3.63, 3.8) is 0 Å². The van der Waals surface area contributed by atoms with Gasteiger partial charge in [-0.05, 0) is 34.6 Å². The first kappa shape index (κ1) is 20.4. The van der Waals surface area contributed by atoms with Gasteiger partial charge in [-0.25, -0.2) is 4.79 Å². The molecule has 0 saturated carbocycles. The molecule has 0 radical (unpaired) electrons. The lowest BCUT2D eigenvalue weighted by Crippen LogP contribution is -2.37. The van der Waals surface area contributed by atoms with Crippen LogP contribution in [0, 0.1) is 0 Å². The van der Waals surface area contributed by atoms with Crippen molar-refractivity contribution in [2.24, 2.45) is 0 Å². The Morgan fingerprint density at radius 3 is 2.35 bits per heavy atom. The van der Waals surface area contributed by atoms with Gasteiger partial charge in [-0.15, -0.1) is 0 Å². The van der Waals surface area contributed by atoms with Gasteiger partial charge in [0.15, 0.2) is 0 Å². The quantitative estimate of drug-likeness (QED) is 0.705. The van der Waals surface area contributed by atoms with Gasteiger partial charge < -0.3 is 19.1 Å². The topological polar surface area (TPSA) is 86.3 Å². The van der Waals surface area contributed by atoms with Crippen LogP contribution >= 0.6 is 7.60 Å². The number of hydrogen-bond acceptors (Lipinski definition) is 7. The molecule has 136 valence electrons. The minimum absolute atomic E-state index is 0.258. The van der Waals surface area contributed by atoms with Gasteiger partial charge in [0.25, 0.3) is 0 Å². The lowest BCUT2D eigenvalue weighted by molar-refractivity contribution is -0.133. The van der Waals surface area contributed by atoms with Crippen molar-refractivity contribution in [1.82, 2.24) is 10.4 Å². The van der Waals surface area contributed by atoms with Crippen molar-refractivity contribution < 1.29 is 28.0 Å². The second-order valence-corrected chi connectivity index (χ2v) is 8.44. The Labute approximate surface area is 138 Å². The van der Waals surface area contributed by atoms with E-state index in [0.717, 1.165) is 0 Å². The summed E-state index contributed by atoms with van der Waals surface area (Å²) in [7, 11) is -1.60. The molecule has 23 heavy (non-hydrogen) atoms. The molecule has 1 aliphatic rings. The van der Waals surface area contributed by atoms with E-state index in [1.54, 1.807) is 41.7 Å². The van der Waals surface area contributed by atoms with E-state index in [9.17, 15) is 9.36 Å². The number of hydroxylamine groups is 2. The molecule has 2 atom stereocenters. The summed E-state index contributed by atoms with van der Waals surface area (Å²) < 4.78 is 28.7. The zero-order valence-electron chi connectivity index (χ0n) is 14.8. The molecule has 0 unspecified atom stereocenters. The Morgan fingerprint density at radius 2 is 1.87 bits per heavy atom. The molecule has 0 aromatic heterocycles. The van der Waals surface area contributed by atoms with Crippen LogP contribution in [0.15, 0.2) is 0 Å². The van der Waals surface area contributed by atoms with Crippen LogP contribution < -0.4 is 5.32 Å². The number of rotatable bonds is 7. The first-order valence-corrected chi connectivity index (χ1v) is 9.47. The average molecular weight is 352 g/mol. The molecule has 0 bridgehead atoms. The number of nitrogens with one attached hydrogen (secondary N) is 1. The third-order valence-electron chi connectivity index (χ3n) is 3.06. The summed E-state index contributed by atoms with van der Waals surface area (Å²) in [4.78, 5) is 17.3. The standard InChI is InChI=1S/C14H29N2O6P/c1-7-19-23(18,20-8-2)12-9-11(22-16(12)6)10-15-13(17)21-14(3,4)5/h11-12H,7-10H2,1-6H3,(H,15,17)/t11-,12+/m1/s1. The summed E-state index contributed by atoms with van der Waals surface area (Å²) in [5, 5.41) is 4.15. The van der Waals surface area contributed by atoms with Crippen LogP contribution in [0.1, 0.15) is 41.0 Å². The number of amides is 1. The van der Waals surface area contributed by atoms with Crippen LogP contribution in [0.3, 0.4) is 0 Å². The molecule has 1 saturated heterocycles. The summed E-state index contributed by atoms with van der Waals surface area (Å²) in [6.07, 6.45) is -0.388. The van der Waals surface area contributed by atoms with Gasteiger partial charge in [0.1, 0.15) is 11.4 Å². The zero-order chi connectivity index (χ0) is 17.7. The third-order valence-corrected chi connectivity index (χ3v) is 5.57. The number of alkyl carbamates (subject to hydrolysis) is 1. The van der Waals surface area contributed by atoms with E-state index in [2.05, 4.69) is 5.32 Å². The summed E-state index contributed by atoms with van der Waals surface area (Å²) in [6.45, 7) is 9.76. The molecular formula is C14H29N2O6P. The van der Waals surface area contributed by atoms with E-state index in [1.165, 1.54) is 5.06 Å². The molecule has 8 nitrogen and oxygen atoms in total. The minimum Gasteiger partial charge on any atom is -0.444 e. The monoisotopic (exact) mass is 352 g/mol. The Kier molecular flexibility index (Phi) is 7.48. The van der Waals surface area contributed by atoms with Crippen molar-refractivity contribution >= 4 is 13.7 Å². The Hall–Kier alpha value is -0.660. The Bertz CT molecular complexity index is 429. The molecule has 1 N–H and O–H groups in total. The van der Waals surface area contributed by atoms with E-state index in [1.807, 2.05) is 0 Å². The maximum atomic E-state index is 12.8. The zero-order valence-corrected chi connectivity index (χ0v) is 15.7. The molecule has 0 aliphatic carbocycles. The van der Waals surface area contributed by atoms with Crippen molar-refractivity contribution in [1.29, 1.82) is 0 Å². The van der Waals surface area contributed by atoms with Crippen LogP contribution in [-0.4, -0.2) is 55.5 Å². The van der Waals surface area contributed by atoms with E-state index in [-0.39, 0.29) is 12.6 Å². The van der Waals surface area contributed by atoms with Crippen molar-refractivity contribution in [2.75, 3.05) is 26.8 Å². The lowest BCUT2D eigenvalue weighted by Gasteiger charge is -2.25. The van der Waals surface area contributed by atoms with Gasteiger partial charge in [-0.1, -0.05) is 0 Å². The van der Waals surface area contributed by atoms with Crippen LogP contribution in [0.2, 0.25) is 0 Å². The molecule has 0 aromatic rings. The molecule has 0 aromatic carbocycles. The second kappa shape index (κ2) is 8.44. The summed E-state index contributed by atoms with van der Waals surface area (Å²) in [5.74, 6) is -0.493. The summed E-state index contributed by atoms with van der Waals surface area (Å²) in [6, 6.07) is 0. The highest BCUT2D eigenvalue weighted by Gasteiger charge is 2.46. The minimum atomic E-state index is -3.28. The number of ether oxygens (including phenoxy) is 1. The highest BCUT2D eigenvalue weighted by atomic mass is 31.2. The van der Waals surface area contributed by atoms with Gasteiger partial charge in [0.05, 0.1) is 19.3 Å². The molecule has 0 spiro atoms. The Morgan fingerprint density at radius 1 is 1.30 bits per heavy atom. The van der Waals surface area contributed by atoms with E-state index in [0.29, 0.717) is 19.6 Å². The van der Waals surface area contributed by atoms with Gasteiger partial charge in [-0.3, -0.25) is 9.40 Å². The van der Waals surface area contributed by atoms with Crippen molar-refractivity contribution in [2.45, 2.75) is 58.5 Å². The van der Waals surface area contributed by atoms with Gasteiger partial charge >= 0.3 is 13.7 Å². The normalized spacial score (nSPS) is 23.0. The maximum Gasteiger partial charge on any atom is 0.407 e. The molecule has 1 fully saturated rings. The fraction of sp³-hybridized carbons (Fsp3) is 0.929. The van der Waals surface area contributed by atoms with Crippen LogP contribution in [0.4, 0.5) is 4.79 Å². The lowest BCUT2D eigenvalue weighted by atomic mass is 10.2.